The molecule has 0 aliphatic carbocycles. The molecule has 0 amide bonds. The number of hydrogen-bond donors (Lipinski definition) is 0. The second kappa shape index (κ2) is 20.3. The van der Waals surface area contributed by atoms with E-state index < -0.39 is 0 Å². The number of benzene rings is 11. The van der Waals surface area contributed by atoms with Crippen molar-refractivity contribution in [2.75, 3.05) is 19.6 Å². The Morgan fingerprint density at radius 3 is 0.554 bits per heavy atom. The van der Waals surface area contributed by atoms with Crippen LogP contribution in [-0.4, -0.2) is 9.13 Å². The fourth-order valence-corrected chi connectivity index (χ4v) is 9.90. The summed E-state index contributed by atoms with van der Waals surface area (Å²) in [7, 11) is 0. The standard InChI is InChI=1S/C67H50N6O/c74-67-72(63-47-43-61(44-48-63)70(55-29-15-5-16-30-55)59-39-35-57(36-40-59)68(51-21-7-1-8-22-51)52-23-9-2-10-24-52)65-33-19-20-34-66(65)73(67)64-49-45-62(46-50-64)71(56-31-17-6-18-32-56)60-41-37-58(38-42-60)69(53-25-11-3-12-26-53)54-27-13-4-14-28-54/h1-50H. The maximum atomic E-state index is 14.9. The van der Waals surface area contributed by atoms with Crippen molar-refractivity contribution in [1.29, 1.82) is 0 Å². The minimum Gasteiger partial charge on any atom is -0.311 e. The van der Waals surface area contributed by atoms with E-state index in [-0.39, 0.29) is 5.69 Å². The topological polar surface area (TPSA) is 39.9 Å². The van der Waals surface area contributed by atoms with Crippen LogP contribution in [0.25, 0.3) is 22.4 Å². The van der Waals surface area contributed by atoms with Crippen molar-refractivity contribution in [3.05, 3.63) is 314 Å². The largest absolute Gasteiger partial charge is 0.338 e. The lowest BCUT2D eigenvalue weighted by molar-refractivity contribution is 0.930. The summed E-state index contributed by atoms with van der Waals surface area (Å²) in [6.45, 7) is 0. The van der Waals surface area contributed by atoms with Crippen molar-refractivity contribution in [2.45, 2.75) is 0 Å². The molecular weight excluding hydrogens is 905 g/mol. The van der Waals surface area contributed by atoms with Gasteiger partial charge in [0.2, 0.25) is 0 Å². The van der Waals surface area contributed by atoms with Crippen molar-refractivity contribution in [3.63, 3.8) is 0 Å². The fourth-order valence-electron chi connectivity index (χ4n) is 9.90. The van der Waals surface area contributed by atoms with Crippen molar-refractivity contribution >= 4 is 79.3 Å². The molecule has 0 bridgehead atoms. The van der Waals surface area contributed by atoms with Gasteiger partial charge < -0.3 is 19.6 Å². The van der Waals surface area contributed by atoms with Gasteiger partial charge in [-0.05, 0) is 182 Å². The first-order valence-corrected chi connectivity index (χ1v) is 24.8. The van der Waals surface area contributed by atoms with Gasteiger partial charge in [0.1, 0.15) is 0 Å². The number of aromatic nitrogens is 2. The molecule has 1 aromatic heterocycles. The van der Waals surface area contributed by atoms with Crippen LogP contribution in [0, 0.1) is 0 Å². The molecule has 74 heavy (non-hydrogen) atoms. The molecule has 0 fully saturated rings. The Morgan fingerprint density at radius 1 is 0.189 bits per heavy atom. The Kier molecular flexibility index (Phi) is 12.4. The zero-order chi connectivity index (χ0) is 49.6. The van der Waals surface area contributed by atoms with Crippen LogP contribution in [0.4, 0.5) is 68.2 Å². The molecule has 1 heterocycles. The van der Waals surface area contributed by atoms with Gasteiger partial charge in [0.05, 0.1) is 22.4 Å². The molecule has 0 saturated carbocycles. The molecule has 0 spiro atoms. The molecule has 0 unspecified atom stereocenters. The van der Waals surface area contributed by atoms with E-state index in [1.165, 1.54) is 0 Å². The minimum atomic E-state index is -0.152. The number of hydrogen-bond acceptors (Lipinski definition) is 5. The highest BCUT2D eigenvalue weighted by atomic mass is 16.1. The Balaban J connectivity index is 0.865. The van der Waals surface area contributed by atoms with Crippen LogP contribution in [0.2, 0.25) is 0 Å². The van der Waals surface area contributed by atoms with Gasteiger partial charge in [-0.1, -0.05) is 121 Å². The lowest BCUT2D eigenvalue weighted by Crippen LogP contribution is -2.22. The first-order valence-electron chi connectivity index (χ1n) is 24.8. The molecule has 11 aromatic carbocycles. The van der Waals surface area contributed by atoms with Gasteiger partial charge in [0, 0.05) is 68.2 Å². The van der Waals surface area contributed by atoms with Gasteiger partial charge in [-0.3, -0.25) is 9.13 Å². The molecule has 7 nitrogen and oxygen atoms in total. The summed E-state index contributed by atoms with van der Waals surface area (Å²) in [6, 6.07) is 104. The number of rotatable bonds is 14. The predicted octanol–water partition coefficient (Wildman–Crippen LogP) is 17.7. The number of imidazole rings is 1. The van der Waals surface area contributed by atoms with E-state index in [9.17, 15) is 4.79 Å². The van der Waals surface area contributed by atoms with E-state index in [4.69, 9.17) is 0 Å². The highest BCUT2D eigenvalue weighted by Crippen LogP contribution is 2.41. The Bertz CT molecular complexity index is 3480. The van der Waals surface area contributed by atoms with E-state index in [0.717, 1.165) is 90.7 Å². The van der Waals surface area contributed by atoms with Gasteiger partial charge in [-0.2, -0.15) is 0 Å². The summed E-state index contributed by atoms with van der Waals surface area (Å²) in [5.74, 6) is 0. The van der Waals surface area contributed by atoms with Gasteiger partial charge in [-0.15, -0.1) is 0 Å². The quantitative estimate of drug-likeness (QED) is 0.109. The van der Waals surface area contributed by atoms with E-state index in [1.54, 1.807) is 0 Å². The third kappa shape index (κ3) is 8.86. The SMILES string of the molecule is O=c1n(-c2ccc(N(c3ccccc3)c3ccc(N(c4ccccc4)c4ccccc4)cc3)cc2)c2ccccc2n1-c1ccc(N(c2ccccc2)c2ccc(N(c3ccccc3)c3ccccc3)cc2)cc1. The number of anilines is 12. The monoisotopic (exact) mass is 954 g/mol. The molecule has 12 aromatic rings. The molecule has 0 radical (unpaired) electrons. The van der Waals surface area contributed by atoms with E-state index in [2.05, 4.69) is 238 Å². The summed E-state index contributed by atoms with van der Waals surface area (Å²) in [4.78, 5) is 23.9. The third-order valence-corrected chi connectivity index (χ3v) is 13.3. The van der Waals surface area contributed by atoms with Crippen LogP contribution < -0.4 is 25.3 Å². The summed E-state index contributed by atoms with van der Waals surface area (Å²) in [5, 5.41) is 0. The van der Waals surface area contributed by atoms with Crippen molar-refractivity contribution in [3.8, 4) is 11.4 Å². The summed E-state index contributed by atoms with van der Waals surface area (Å²) in [6.07, 6.45) is 0. The van der Waals surface area contributed by atoms with Crippen LogP contribution in [-0.2, 0) is 0 Å². The van der Waals surface area contributed by atoms with Crippen molar-refractivity contribution in [1.82, 2.24) is 9.13 Å². The zero-order valence-electron chi connectivity index (χ0n) is 40.5. The molecular formula is C67H50N6O. The first-order chi connectivity index (χ1) is 36.7. The Morgan fingerprint density at radius 2 is 0.351 bits per heavy atom. The van der Waals surface area contributed by atoms with Crippen LogP contribution in [0.3, 0.4) is 0 Å². The smallest absolute Gasteiger partial charge is 0.311 e. The summed E-state index contributed by atoms with van der Waals surface area (Å²) >= 11 is 0. The highest BCUT2D eigenvalue weighted by Gasteiger charge is 2.21. The van der Waals surface area contributed by atoms with Crippen molar-refractivity contribution in [2.24, 2.45) is 0 Å². The van der Waals surface area contributed by atoms with Crippen LogP contribution in [0.1, 0.15) is 0 Å². The van der Waals surface area contributed by atoms with Crippen LogP contribution >= 0.6 is 0 Å². The maximum absolute atomic E-state index is 14.9. The molecule has 0 aliphatic heterocycles. The molecule has 12 rings (SSSR count). The molecule has 0 N–H and O–H groups in total. The van der Waals surface area contributed by atoms with Crippen LogP contribution in [0.5, 0.6) is 0 Å². The predicted molar refractivity (Wildman–Crippen MR) is 308 cm³/mol. The zero-order valence-corrected chi connectivity index (χ0v) is 40.5. The van der Waals surface area contributed by atoms with E-state index >= 15 is 0 Å². The number of nitrogens with zero attached hydrogens (tertiary/aromatic N) is 6. The number of para-hydroxylation sites is 8. The normalized spacial score (nSPS) is 11.0. The number of fused-ring (bicyclic) bond motifs is 1. The van der Waals surface area contributed by atoms with Gasteiger partial charge in [0.25, 0.3) is 0 Å². The van der Waals surface area contributed by atoms with Crippen molar-refractivity contribution < 1.29 is 0 Å². The van der Waals surface area contributed by atoms with Gasteiger partial charge in [0.15, 0.2) is 0 Å². The second-order valence-electron chi connectivity index (χ2n) is 17.9. The van der Waals surface area contributed by atoms with Gasteiger partial charge >= 0.3 is 5.69 Å². The summed E-state index contributed by atoms with van der Waals surface area (Å²) in [5.41, 5.74) is 15.4. The minimum absolute atomic E-state index is 0.152. The molecule has 0 saturated heterocycles. The highest BCUT2D eigenvalue weighted by molar-refractivity contribution is 5.85. The molecule has 0 atom stereocenters. The lowest BCUT2D eigenvalue weighted by atomic mass is 10.1. The fraction of sp³-hybridized carbons (Fsp3) is 0. The van der Waals surface area contributed by atoms with E-state index in [1.807, 2.05) is 94.1 Å². The lowest BCUT2D eigenvalue weighted by Gasteiger charge is -2.28. The summed E-state index contributed by atoms with van der Waals surface area (Å²) < 4.78 is 3.62. The third-order valence-electron chi connectivity index (χ3n) is 13.3. The van der Waals surface area contributed by atoms with Crippen LogP contribution in [0.15, 0.2) is 308 Å². The molecule has 7 heteroatoms. The van der Waals surface area contributed by atoms with Gasteiger partial charge in [-0.25, -0.2) is 4.79 Å². The Hall–Kier alpha value is -10.1. The Labute approximate surface area is 431 Å². The molecule has 354 valence electrons. The maximum Gasteiger partial charge on any atom is 0.338 e. The molecule has 0 aliphatic rings. The first kappa shape index (κ1) is 45.1. The average molecular weight is 955 g/mol. The average Bonchev–Trinajstić information content (AvgIpc) is 3.78. The second-order valence-corrected chi connectivity index (χ2v) is 17.9. The van der Waals surface area contributed by atoms with E-state index in [0.29, 0.717) is 0 Å².